The Morgan fingerprint density at radius 2 is 1.65 bits per heavy atom. The Morgan fingerprint density at radius 1 is 1.05 bits per heavy atom. The van der Waals surface area contributed by atoms with Crippen molar-refractivity contribution in [2.75, 3.05) is 5.32 Å². The van der Waals surface area contributed by atoms with Crippen molar-refractivity contribution in [3.05, 3.63) is 65.2 Å². The summed E-state index contributed by atoms with van der Waals surface area (Å²) >= 11 is 0. The van der Waals surface area contributed by atoms with Crippen LogP contribution in [0.4, 0.5) is 5.69 Å². The molecule has 0 radical (unpaired) electrons. The summed E-state index contributed by atoms with van der Waals surface area (Å²) < 4.78 is 0. The van der Waals surface area contributed by atoms with E-state index < -0.39 is 0 Å². The quantitative estimate of drug-likeness (QED) is 0.902. The summed E-state index contributed by atoms with van der Waals surface area (Å²) in [7, 11) is 0. The van der Waals surface area contributed by atoms with E-state index in [0.717, 1.165) is 24.9 Å². The largest absolute Gasteiger partial charge is 0.326 e. The molecular formula is C18H19NO. The molecule has 0 aromatic heterocycles. The number of carbonyl (C=O) groups excluding carboxylic acids is 1. The summed E-state index contributed by atoms with van der Waals surface area (Å²) in [6, 6.07) is 16.4. The molecule has 0 atom stereocenters. The second-order valence-corrected chi connectivity index (χ2v) is 5.41. The van der Waals surface area contributed by atoms with Crippen molar-refractivity contribution in [3.8, 4) is 0 Å². The minimum atomic E-state index is 0.0678. The van der Waals surface area contributed by atoms with E-state index in [1.54, 1.807) is 0 Å². The third-order valence-electron chi connectivity index (χ3n) is 4.05. The monoisotopic (exact) mass is 265 g/mol. The lowest BCUT2D eigenvalue weighted by molar-refractivity contribution is -0.119. The van der Waals surface area contributed by atoms with Crippen LogP contribution < -0.4 is 5.32 Å². The van der Waals surface area contributed by atoms with Crippen LogP contribution in [0.1, 0.15) is 23.6 Å². The summed E-state index contributed by atoms with van der Waals surface area (Å²) in [5.41, 5.74) is 4.81. The first-order chi connectivity index (χ1) is 9.76. The van der Waals surface area contributed by atoms with Gasteiger partial charge in [0.1, 0.15) is 0 Å². The number of carbonyl (C=O) groups is 1. The van der Waals surface area contributed by atoms with Gasteiger partial charge in [0.15, 0.2) is 0 Å². The maximum atomic E-state index is 12.3. The van der Waals surface area contributed by atoms with Crippen LogP contribution in [0.5, 0.6) is 0 Å². The van der Waals surface area contributed by atoms with Crippen molar-refractivity contribution >= 4 is 11.6 Å². The normalized spacial score (nSPS) is 14.1. The van der Waals surface area contributed by atoms with Crippen LogP contribution in [0, 0.1) is 5.92 Å². The molecular weight excluding hydrogens is 246 g/mol. The van der Waals surface area contributed by atoms with Gasteiger partial charge in [-0.05, 0) is 48.1 Å². The maximum absolute atomic E-state index is 12.3. The summed E-state index contributed by atoms with van der Waals surface area (Å²) in [4.78, 5) is 12.3. The number of fused-ring (bicyclic) bond motifs is 1. The van der Waals surface area contributed by atoms with Gasteiger partial charge in [0, 0.05) is 11.6 Å². The minimum Gasteiger partial charge on any atom is -0.326 e. The molecule has 20 heavy (non-hydrogen) atoms. The van der Waals surface area contributed by atoms with Gasteiger partial charge in [-0.1, -0.05) is 43.3 Å². The van der Waals surface area contributed by atoms with Crippen molar-refractivity contribution in [2.45, 2.75) is 26.2 Å². The highest BCUT2D eigenvalue weighted by molar-refractivity contribution is 5.93. The van der Waals surface area contributed by atoms with Crippen molar-refractivity contribution in [1.29, 1.82) is 0 Å². The Hall–Kier alpha value is -2.09. The molecule has 0 bridgehead atoms. The van der Waals surface area contributed by atoms with E-state index >= 15 is 0 Å². The van der Waals surface area contributed by atoms with Gasteiger partial charge in [-0.2, -0.15) is 0 Å². The molecule has 102 valence electrons. The molecule has 1 amide bonds. The van der Waals surface area contributed by atoms with E-state index in [4.69, 9.17) is 0 Å². The fraction of sp³-hybridized carbons (Fsp3) is 0.278. The van der Waals surface area contributed by atoms with E-state index in [9.17, 15) is 4.79 Å². The van der Waals surface area contributed by atoms with E-state index in [0.29, 0.717) is 0 Å². The first kappa shape index (κ1) is 12.9. The van der Waals surface area contributed by atoms with E-state index in [1.807, 2.05) is 24.3 Å². The molecule has 2 heteroatoms. The highest BCUT2D eigenvalue weighted by Crippen LogP contribution is 2.27. The fourth-order valence-corrected chi connectivity index (χ4v) is 2.81. The SMILES string of the molecule is CCc1ccc(NC(=O)C2Cc3ccccc3C2)cc1. The molecule has 0 spiro atoms. The van der Waals surface area contributed by atoms with Crippen molar-refractivity contribution in [3.63, 3.8) is 0 Å². The zero-order valence-corrected chi connectivity index (χ0v) is 11.7. The van der Waals surface area contributed by atoms with E-state index in [1.165, 1.54) is 16.7 Å². The van der Waals surface area contributed by atoms with Crippen molar-refractivity contribution in [2.24, 2.45) is 5.92 Å². The van der Waals surface area contributed by atoms with Crippen LogP contribution in [-0.2, 0) is 24.1 Å². The topological polar surface area (TPSA) is 29.1 Å². The molecule has 0 saturated heterocycles. The Kier molecular flexibility index (Phi) is 3.55. The number of rotatable bonds is 3. The zero-order valence-electron chi connectivity index (χ0n) is 11.7. The molecule has 0 aliphatic heterocycles. The van der Waals surface area contributed by atoms with E-state index in [-0.39, 0.29) is 11.8 Å². The fourth-order valence-electron chi connectivity index (χ4n) is 2.81. The number of hydrogen-bond acceptors (Lipinski definition) is 1. The summed E-state index contributed by atoms with van der Waals surface area (Å²) in [6.45, 7) is 2.13. The van der Waals surface area contributed by atoms with Gasteiger partial charge >= 0.3 is 0 Å². The predicted octanol–water partition coefficient (Wildman–Crippen LogP) is 3.60. The lowest BCUT2D eigenvalue weighted by atomic mass is 10.1. The number of benzene rings is 2. The second-order valence-electron chi connectivity index (χ2n) is 5.41. The van der Waals surface area contributed by atoms with Crippen LogP contribution >= 0.6 is 0 Å². The average molecular weight is 265 g/mol. The second kappa shape index (κ2) is 5.49. The standard InChI is InChI=1S/C18H19NO/c1-2-13-7-9-17(10-8-13)19-18(20)16-11-14-5-3-4-6-15(14)12-16/h3-10,16H,2,11-12H2,1H3,(H,19,20). The number of hydrogen-bond donors (Lipinski definition) is 1. The van der Waals surface area contributed by atoms with E-state index in [2.05, 4.69) is 36.5 Å². The molecule has 0 fully saturated rings. The molecule has 0 unspecified atom stereocenters. The molecule has 0 heterocycles. The molecule has 1 aliphatic rings. The Morgan fingerprint density at radius 3 is 2.20 bits per heavy atom. The van der Waals surface area contributed by atoms with Gasteiger partial charge in [-0.25, -0.2) is 0 Å². The van der Waals surface area contributed by atoms with Crippen molar-refractivity contribution < 1.29 is 4.79 Å². The average Bonchev–Trinajstić information content (AvgIpc) is 2.92. The number of nitrogens with one attached hydrogen (secondary N) is 1. The lowest BCUT2D eigenvalue weighted by Gasteiger charge is -2.10. The first-order valence-corrected chi connectivity index (χ1v) is 7.23. The van der Waals surface area contributed by atoms with Crippen molar-refractivity contribution in [1.82, 2.24) is 0 Å². The molecule has 0 saturated carbocycles. The van der Waals surface area contributed by atoms with Gasteiger partial charge < -0.3 is 5.32 Å². The number of aryl methyl sites for hydroxylation is 1. The molecule has 3 rings (SSSR count). The first-order valence-electron chi connectivity index (χ1n) is 7.23. The third kappa shape index (κ3) is 2.60. The smallest absolute Gasteiger partial charge is 0.228 e. The highest BCUT2D eigenvalue weighted by Gasteiger charge is 2.26. The van der Waals surface area contributed by atoms with Gasteiger partial charge in [0.05, 0.1) is 0 Å². The molecule has 2 aromatic rings. The molecule has 1 N–H and O–H groups in total. The van der Waals surface area contributed by atoms with Crippen LogP contribution in [0.15, 0.2) is 48.5 Å². The van der Waals surface area contributed by atoms with Crippen LogP contribution in [0.2, 0.25) is 0 Å². The summed E-state index contributed by atoms with van der Waals surface area (Å²) in [6.07, 6.45) is 2.73. The highest BCUT2D eigenvalue weighted by atomic mass is 16.1. The predicted molar refractivity (Wildman–Crippen MR) is 81.8 cm³/mol. The Bertz CT molecular complexity index is 591. The van der Waals surface area contributed by atoms with Gasteiger partial charge in [0.2, 0.25) is 5.91 Å². The van der Waals surface area contributed by atoms with Gasteiger partial charge in [0.25, 0.3) is 0 Å². The Balaban J connectivity index is 1.66. The Labute approximate surface area is 119 Å². The third-order valence-corrected chi connectivity index (χ3v) is 4.05. The van der Waals surface area contributed by atoms with Crippen LogP contribution in [0.3, 0.4) is 0 Å². The van der Waals surface area contributed by atoms with Gasteiger partial charge in [-0.15, -0.1) is 0 Å². The lowest BCUT2D eigenvalue weighted by Crippen LogP contribution is -2.23. The molecule has 2 nitrogen and oxygen atoms in total. The zero-order chi connectivity index (χ0) is 13.9. The van der Waals surface area contributed by atoms with Crippen LogP contribution in [-0.4, -0.2) is 5.91 Å². The maximum Gasteiger partial charge on any atom is 0.228 e. The number of amides is 1. The van der Waals surface area contributed by atoms with Crippen LogP contribution in [0.25, 0.3) is 0 Å². The summed E-state index contributed by atoms with van der Waals surface area (Å²) in [5, 5.41) is 3.03. The molecule has 1 aliphatic carbocycles. The molecule has 2 aromatic carbocycles. The van der Waals surface area contributed by atoms with Gasteiger partial charge in [-0.3, -0.25) is 4.79 Å². The minimum absolute atomic E-state index is 0.0678. The number of anilines is 1. The summed E-state index contributed by atoms with van der Waals surface area (Å²) in [5.74, 6) is 0.198.